The molecule has 2 N–H and O–H groups in total. The van der Waals surface area contributed by atoms with E-state index < -0.39 is 0 Å². The number of pyridine rings is 1. The molecule has 2 aromatic rings. The zero-order valence-electron chi connectivity index (χ0n) is 10.9. The quantitative estimate of drug-likeness (QED) is 0.871. The third kappa shape index (κ3) is 3.77. The van der Waals surface area contributed by atoms with Crippen LogP contribution in [0.5, 0.6) is 0 Å². The SMILES string of the molecule is CC(C)CNC(=O)Nc1ccc(-n2cncn2)nc1. The molecule has 7 heteroatoms. The first-order valence-corrected chi connectivity index (χ1v) is 6.01. The van der Waals surface area contributed by atoms with Crippen molar-refractivity contribution in [1.29, 1.82) is 0 Å². The summed E-state index contributed by atoms with van der Waals surface area (Å²) in [5.41, 5.74) is 0.630. The Labute approximate surface area is 111 Å². The second kappa shape index (κ2) is 5.94. The van der Waals surface area contributed by atoms with E-state index in [0.717, 1.165) is 0 Å². The second-order valence-electron chi connectivity index (χ2n) is 4.47. The molecule has 2 aromatic heterocycles. The lowest BCUT2D eigenvalue weighted by Crippen LogP contribution is -2.31. The minimum atomic E-state index is -0.232. The highest BCUT2D eigenvalue weighted by Gasteiger charge is 2.03. The maximum Gasteiger partial charge on any atom is 0.319 e. The minimum absolute atomic E-state index is 0.232. The number of aromatic nitrogens is 4. The molecule has 0 bridgehead atoms. The number of nitrogens with zero attached hydrogens (tertiary/aromatic N) is 4. The fourth-order valence-corrected chi connectivity index (χ4v) is 1.39. The first-order valence-electron chi connectivity index (χ1n) is 6.01. The van der Waals surface area contributed by atoms with Gasteiger partial charge in [-0.3, -0.25) is 0 Å². The summed E-state index contributed by atoms with van der Waals surface area (Å²) in [6.07, 6.45) is 4.57. The van der Waals surface area contributed by atoms with E-state index in [1.54, 1.807) is 29.3 Å². The smallest absolute Gasteiger partial charge is 0.319 e. The number of anilines is 1. The van der Waals surface area contributed by atoms with Gasteiger partial charge in [0.2, 0.25) is 0 Å². The summed E-state index contributed by atoms with van der Waals surface area (Å²) in [7, 11) is 0. The molecule has 0 unspecified atom stereocenters. The fraction of sp³-hybridized carbons (Fsp3) is 0.333. The average Bonchev–Trinajstić information content (AvgIpc) is 2.91. The molecule has 0 aliphatic carbocycles. The highest BCUT2D eigenvalue weighted by atomic mass is 16.2. The molecular formula is C12H16N6O. The van der Waals surface area contributed by atoms with Crippen molar-refractivity contribution >= 4 is 11.7 Å². The average molecular weight is 260 g/mol. The van der Waals surface area contributed by atoms with Gasteiger partial charge in [0, 0.05) is 6.54 Å². The maximum atomic E-state index is 11.6. The van der Waals surface area contributed by atoms with Crippen LogP contribution in [-0.4, -0.2) is 32.3 Å². The van der Waals surface area contributed by atoms with Crippen molar-refractivity contribution < 1.29 is 4.79 Å². The van der Waals surface area contributed by atoms with Crippen molar-refractivity contribution in [2.24, 2.45) is 5.92 Å². The highest BCUT2D eigenvalue weighted by Crippen LogP contribution is 2.08. The van der Waals surface area contributed by atoms with Crippen LogP contribution in [0.4, 0.5) is 10.5 Å². The lowest BCUT2D eigenvalue weighted by molar-refractivity contribution is 0.251. The molecule has 0 radical (unpaired) electrons. The maximum absolute atomic E-state index is 11.6. The Bertz CT molecular complexity index is 520. The predicted molar refractivity (Wildman–Crippen MR) is 71.0 cm³/mol. The van der Waals surface area contributed by atoms with Gasteiger partial charge in [0.1, 0.15) is 12.7 Å². The summed E-state index contributed by atoms with van der Waals surface area (Å²) in [4.78, 5) is 19.6. The number of nitrogens with one attached hydrogen (secondary N) is 2. The normalized spacial score (nSPS) is 10.5. The molecule has 7 nitrogen and oxygen atoms in total. The van der Waals surface area contributed by atoms with Crippen molar-refractivity contribution in [1.82, 2.24) is 25.1 Å². The van der Waals surface area contributed by atoms with Crippen LogP contribution in [0.15, 0.2) is 31.0 Å². The van der Waals surface area contributed by atoms with Gasteiger partial charge in [0.15, 0.2) is 5.82 Å². The van der Waals surface area contributed by atoms with Gasteiger partial charge in [0.25, 0.3) is 0 Å². The molecule has 2 amide bonds. The standard InChI is InChI=1S/C12H16N6O/c1-9(2)5-15-12(19)17-10-3-4-11(14-6-10)18-8-13-7-16-18/h3-4,6-9H,5H2,1-2H3,(H2,15,17,19). The molecule has 0 saturated carbocycles. The summed E-state index contributed by atoms with van der Waals surface area (Å²) in [5.74, 6) is 1.06. The van der Waals surface area contributed by atoms with E-state index in [9.17, 15) is 4.79 Å². The van der Waals surface area contributed by atoms with Crippen LogP contribution in [-0.2, 0) is 0 Å². The van der Waals surface area contributed by atoms with E-state index in [0.29, 0.717) is 24.0 Å². The fourth-order valence-electron chi connectivity index (χ4n) is 1.39. The monoisotopic (exact) mass is 260 g/mol. The van der Waals surface area contributed by atoms with E-state index in [2.05, 4.69) is 25.7 Å². The van der Waals surface area contributed by atoms with Crippen LogP contribution in [0.25, 0.3) is 5.82 Å². The van der Waals surface area contributed by atoms with Gasteiger partial charge >= 0.3 is 6.03 Å². The number of hydrogen-bond donors (Lipinski definition) is 2. The number of carbonyl (C=O) groups is 1. The van der Waals surface area contributed by atoms with Crippen molar-refractivity contribution in [3.05, 3.63) is 31.0 Å². The minimum Gasteiger partial charge on any atom is -0.338 e. The van der Waals surface area contributed by atoms with Gasteiger partial charge in [-0.1, -0.05) is 13.8 Å². The van der Waals surface area contributed by atoms with Gasteiger partial charge in [0.05, 0.1) is 11.9 Å². The molecule has 0 aliphatic rings. The number of amides is 2. The zero-order chi connectivity index (χ0) is 13.7. The summed E-state index contributed by atoms with van der Waals surface area (Å²) in [5, 5.41) is 9.45. The van der Waals surface area contributed by atoms with Crippen molar-refractivity contribution in [2.75, 3.05) is 11.9 Å². The Morgan fingerprint density at radius 3 is 2.84 bits per heavy atom. The summed E-state index contributed by atoms with van der Waals surface area (Å²) >= 11 is 0. The lowest BCUT2D eigenvalue weighted by Gasteiger charge is -2.09. The van der Waals surface area contributed by atoms with Gasteiger partial charge in [-0.25, -0.2) is 19.4 Å². The summed E-state index contributed by atoms with van der Waals surface area (Å²) in [6, 6.07) is 3.29. The molecule has 100 valence electrons. The van der Waals surface area contributed by atoms with Gasteiger partial charge < -0.3 is 10.6 Å². The van der Waals surface area contributed by atoms with E-state index in [4.69, 9.17) is 0 Å². The topological polar surface area (TPSA) is 84.7 Å². The Balaban J connectivity index is 1.94. The largest absolute Gasteiger partial charge is 0.338 e. The van der Waals surface area contributed by atoms with Gasteiger partial charge in [-0.15, -0.1) is 0 Å². The molecular weight excluding hydrogens is 244 g/mol. The van der Waals surface area contributed by atoms with Crippen LogP contribution in [0, 0.1) is 5.92 Å². The molecule has 0 fully saturated rings. The highest BCUT2D eigenvalue weighted by molar-refractivity contribution is 5.89. The molecule has 2 heterocycles. The van der Waals surface area contributed by atoms with Crippen LogP contribution < -0.4 is 10.6 Å². The lowest BCUT2D eigenvalue weighted by atomic mass is 10.2. The Morgan fingerprint density at radius 2 is 2.26 bits per heavy atom. The third-order valence-corrected chi connectivity index (χ3v) is 2.33. The molecule has 0 saturated heterocycles. The molecule has 19 heavy (non-hydrogen) atoms. The van der Waals surface area contributed by atoms with E-state index in [-0.39, 0.29) is 6.03 Å². The Kier molecular flexibility index (Phi) is 4.07. The number of urea groups is 1. The van der Waals surface area contributed by atoms with E-state index >= 15 is 0 Å². The number of carbonyl (C=O) groups excluding carboxylic acids is 1. The predicted octanol–water partition coefficient (Wildman–Crippen LogP) is 1.44. The first-order chi connectivity index (χ1) is 9.15. The number of rotatable bonds is 4. The van der Waals surface area contributed by atoms with Crippen LogP contribution in [0.3, 0.4) is 0 Å². The molecule has 0 aliphatic heterocycles. The van der Waals surface area contributed by atoms with Crippen molar-refractivity contribution in [3.63, 3.8) is 0 Å². The molecule has 0 aromatic carbocycles. The summed E-state index contributed by atoms with van der Waals surface area (Å²) < 4.78 is 1.54. The van der Waals surface area contributed by atoms with Gasteiger partial charge in [-0.05, 0) is 18.1 Å². The third-order valence-electron chi connectivity index (χ3n) is 2.33. The second-order valence-corrected chi connectivity index (χ2v) is 4.47. The summed E-state index contributed by atoms with van der Waals surface area (Å²) in [6.45, 7) is 4.71. The molecule has 0 atom stereocenters. The number of hydrogen-bond acceptors (Lipinski definition) is 4. The van der Waals surface area contributed by atoms with Crippen LogP contribution in [0.2, 0.25) is 0 Å². The Morgan fingerprint density at radius 1 is 1.42 bits per heavy atom. The van der Waals surface area contributed by atoms with Crippen LogP contribution in [0.1, 0.15) is 13.8 Å². The molecule has 0 spiro atoms. The first kappa shape index (κ1) is 13.0. The van der Waals surface area contributed by atoms with Gasteiger partial charge in [-0.2, -0.15) is 5.10 Å². The van der Waals surface area contributed by atoms with E-state index in [1.165, 1.54) is 6.33 Å². The van der Waals surface area contributed by atoms with Crippen molar-refractivity contribution in [3.8, 4) is 5.82 Å². The van der Waals surface area contributed by atoms with E-state index in [1.807, 2.05) is 13.8 Å². The Hall–Kier alpha value is -2.44. The van der Waals surface area contributed by atoms with Crippen LogP contribution >= 0.6 is 0 Å². The van der Waals surface area contributed by atoms with Crippen molar-refractivity contribution in [2.45, 2.75) is 13.8 Å². The molecule has 2 rings (SSSR count). The zero-order valence-corrected chi connectivity index (χ0v) is 10.9.